The highest BCUT2D eigenvalue weighted by molar-refractivity contribution is 5.94. The average Bonchev–Trinajstić information content (AvgIpc) is 2.63. The summed E-state index contributed by atoms with van der Waals surface area (Å²) in [6.07, 6.45) is 1.51. The van der Waals surface area contributed by atoms with Crippen molar-refractivity contribution >= 4 is 18.0 Å². The molecule has 0 aromatic heterocycles. The molecule has 2 aromatic rings. The quantitative estimate of drug-likeness (QED) is 0.511. The van der Waals surface area contributed by atoms with Crippen LogP contribution in [-0.4, -0.2) is 31.3 Å². The summed E-state index contributed by atoms with van der Waals surface area (Å²) in [5, 5.41) is 10.2. The molecule has 0 aliphatic rings. The van der Waals surface area contributed by atoms with Crippen LogP contribution in [-0.2, 0) is 14.3 Å². The first-order valence-corrected chi connectivity index (χ1v) is 7.41. The third-order valence-corrected chi connectivity index (χ3v) is 3.49. The Morgan fingerprint density at radius 1 is 1.00 bits per heavy atom. The number of benzene rings is 2. The van der Waals surface area contributed by atoms with E-state index >= 15 is 0 Å². The Morgan fingerprint density at radius 2 is 1.72 bits per heavy atom. The van der Waals surface area contributed by atoms with E-state index in [9.17, 15) is 14.7 Å². The Hall–Kier alpha value is -3.28. The highest BCUT2D eigenvalue weighted by Gasteiger charge is 2.19. The lowest BCUT2D eigenvalue weighted by molar-refractivity contribution is -0.138. The van der Waals surface area contributed by atoms with Crippen LogP contribution in [0.2, 0.25) is 0 Å². The summed E-state index contributed by atoms with van der Waals surface area (Å²) in [5.74, 6) is -2.05. The predicted molar refractivity (Wildman–Crippen MR) is 91.2 cm³/mol. The first-order valence-electron chi connectivity index (χ1n) is 7.41. The highest BCUT2D eigenvalue weighted by atomic mass is 16.6. The largest absolute Gasteiger partial charge is 0.504 e. The molecule has 0 aliphatic carbocycles. The van der Waals surface area contributed by atoms with Gasteiger partial charge in [0.15, 0.2) is 11.5 Å². The number of aromatic hydroxyl groups is 1. The lowest BCUT2D eigenvalue weighted by atomic mass is 10.1. The molecule has 0 bridgehead atoms. The second-order valence-corrected chi connectivity index (χ2v) is 5.10. The number of methoxy groups -OCH3 is 2. The maximum absolute atomic E-state index is 12.0. The van der Waals surface area contributed by atoms with Crippen LogP contribution in [0.15, 0.2) is 48.2 Å². The van der Waals surface area contributed by atoms with Crippen molar-refractivity contribution in [2.45, 2.75) is 6.92 Å². The summed E-state index contributed by atoms with van der Waals surface area (Å²) >= 11 is 0. The summed E-state index contributed by atoms with van der Waals surface area (Å²) in [4.78, 5) is 23.7. The fourth-order valence-corrected chi connectivity index (χ4v) is 2.12. The van der Waals surface area contributed by atoms with E-state index < -0.39 is 17.7 Å². The van der Waals surface area contributed by atoms with Crippen molar-refractivity contribution in [3.63, 3.8) is 0 Å². The van der Waals surface area contributed by atoms with E-state index in [0.29, 0.717) is 0 Å². The van der Waals surface area contributed by atoms with Crippen molar-refractivity contribution in [2.24, 2.45) is 0 Å². The van der Waals surface area contributed by atoms with E-state index in [4.69, 9.17) is 9.47 Å². The Morgan fingerprint density at radius 3 is 2.36 bits per heavy atom. The number of phenolic OH excluding ortho intramolecular Hbond substituents is 1. The highest BCUT2D eigenvalue weighted by Crippen LogP contribution is 2.32. The van der Waals surface area contributed by atoms with Crippen LogP contribution in [0.3, 0.4) is 0 Å². The summed E-state index contributed by atoms with van der Waals surface area (Å²) in [6, 6.07) is 11.7. The molecule has 2 rings (SSSR count). The van der Waals surface area contributed by atoms with Crippen LogP contribution in [0.5, 0.6) is 11.5 Å². The zero-order valence-electron chi connectivity index (χ0n) is 14.1. The van der Waals surface area contributed by atoms with Gasteiger partial charge in [-0.15, -0.1) is 0 Å². The summed E-state index contributed by atoms with van der Waals surface area (Å²) < 4.78 is 14.8. The normalized spacial score (nSPS) is 10.9. The van der Waals surface area contributed by atoms with E-state index in [2.05, 4.69) is 4.74 Å². The lowest BCUT2D eigenvalue weighted by Gasteiger charge is -2.12. The minimum Gasteiger partial charge on any atom is -0.504 e. The van der Waals surface area contributed by atoms with E-state index in [1.54, 1.807) is 0 Å². The Labute approximate surface area is 145 Å². The molecule has 0 heterocycles. The molecule has 0 unspecified atom stereocenters. The molecule has 0 fully saturated rings. The zero-order valence-corrected chi connectivity index (χ0v) is 14.1. The number of aryl methyl sites for hydroxylation is 1. The van der Waals surface area contributed by atoms with E-state index in [-0.39, 0.29) is 17.1 Å². The standard InChI is InChI=1S/C19H18O6/c1-12-7-4-5-8-13(12)11-16(19(22)24-3)25-15-10-6-9-14(17(15)20)18(21)23-2/h4-11,20H,1-3H3/b16-11-. The van der Waals surface area contributed by atoms with Crippen molar-refractivity contribution < 1.29 is 28.9 Å². The van der Waals surface area contributed by atoms with Crippen molar-refractivity contribution in [3.8, 4) is 11.5 Å². The zero-order chi connectivity index (χ0) is 18.4. The number of esters is 2. The molecular weight excluding hydrogens is 324 g/mol. The van der Waals surface area contributed by atoms with Gasteiger partial charge in [0.25, 0.3) is 0 Å². The third-order valence-electron chi connectivity index (χ3n) is 3.49. The van der Waals surface area contributed by atoms with E-state index in [1.165, 1.54) is 38.5 Å². The minimum atomic E-state index is -0.717. The fourth-order valence-electron chi connectivity index (χ4n) is 2.12. The summed E-state index contributed by atoms with van der Waals surface area (Å²) in [7, 11) is 2.43. The summed E-state index contributed by atoms with van der Waals surface area (Å²) in [5.41, 5.74) is 1.62. The van der Waals surface area contributed by atoms with E-state index in [0.717, 1.165) is 11.1 Å². The number of hydrogen-bond acceptors (Lipinski definition) is 6. The van der Waals surface area contributed by atoms with Crippen molar-refractivity contribution in [3.05, 3.63) is 64.9 Å². The van der Waals surface area contributed by atoms with Gasteiger partial charge in [0, 0.05) is 0 Å². The van der Waals surface area contributed by atoms with Crippen molar-refractivity contribution in [1.82, 2.24) is 0 Å². The maximum atomic E-state index is 12.0. The van der Waals surface area contributed by atoms with Crippen molar-refractivity contribution in [1.29, 1.82) is 0 Å². The Bertz CT molecular complexity index is 822. The van der Waals surface area contributed by atoms with Gasteiger partial charge in [-0.25, -0.2) is 9.59 Å². The number of phenols is 1. The molecule has 6 nitrogen and oxygen atoms in total. The molecule has 1 N–H and O–H groups in total. The average molecular weight is 342 g/mol. The molecule has 25 heavy (non-hydrogen) atoms. The van der Waals surface area contributed by atoms with Gasteiger partial charge in [-0.05, 0) is 36.3 Å². The lowest BCUT2D eigenvalue weighted by Crippen LogP contribution is -2.11. The van der Waals surface area contributed by atoms with Gasteiger partial charge >= 0.3 is 11.9 Å². The van der Waals surface area contributed by atoms with Gasteiger partial charge in [0.05, 0.1) is 14.2 Å². The van der Waals surface area contributed by atoms with Crippen LogP contribution >= 0.6 is 0 Å². The smallest absolute Gasteiger partial charge is 0.373 e. The Kier molecular flexibility index (Phi) is 5.79. The molecular formula is C19H18O6. The first kappa shape index (κ1) is 18.1. The number of carbonyl (C=O) groups excluding carboxylic acids is 2. The SMILES string of the molecule is COC(=O)/C(=C/c1ccccc1C)Oc1cccc(C(=O)OC)c1O. The maximum Gasteiger partial charge on any atom is 0.373 e. The minimum absolute atomic E-state index is 0.0619. The van der Waals surface area contributed by atoms with Crippen LogP contribution in [0.4, 0.5) is 0 Å². The molecule has 0 radical (unpaired) electrons. The van der Waals surface area contributed by atoms with Crippen LogP contribution in [0.25, 0.3) is 6.08 Å². The van der Waals surface area contributed by atoms with E-state index in [1.807, 2.05) is 31.2 Å². The topological polar surface area (TPSA) is 82.1 Å². The molecule has 130 valence electrons. The molecule has 2 aromatic carbocycles. The molecule has 6 heteroatoms. The van der Waals surface area contributed by atoms with Crippen LogP contribution < -0.4 is 4.74 Å². The molecule has 0 saturated heterocycles. The number of hydrogen-bond donors (Lipinski definition) is 1. The second kappa shape index (κ2) is 8.01. The van der Waals surface area contributed by atoms with Gasteiger partial charge in [-0.3, -0.25) is 0 Å². The number of rotatable bonds is 5. The number of para-hydroxylation sites is 1. The molecule has 0 saturated carbocycles. The number of carbonyl (C=O) groups is 2. The molecule has 0 spiro atoms. The molecule has 0 aliphatic heterocycles. The molecule has 0 atom stereocenters. The van der Waals surface area contributed by atoms with Crippen molar-refractivity contribution in [2.75, 3.05) is 14.2 Å². The monoisotopic (exact) mass is 342 g/mol. The van der Waals surface area contributed by atoms with Gasteiger partial charge < -0.3 is 19.3 Å². The third kappa shape index (κ3) is 4.17. The van der Waals surface area contributed by atoms with Gasteiger partial charge in [-0.2, -0.15) is 0 Å². The van der Waals surface area contributed by atoms with Gasteiger partial charge in [0.2, 0.25) is 5.76 Å². The predicted octanol–water partition coefficient (Wildman–Crippen LogP) is 3.08. The van der Waals surface area contributed by atoms with Gasteiger partial charge in [0.1, 0.15) is 5.56 Å². The fraction of sp³-hybridized carbons (Fsp3) is 0.158. The Balaban J connectivity index is 2.44. The second-order valence-electron chi connectivity index (χ2n) is 5.10. The molecule has 0 amide bonds. The van der Waals surface area contributed by atoms with Gasteiger partial charge in [-0.1, -0.05) is 30.3 Å². The number of ether oxygens (including phenoxy) is 3. The summed E-state index contributed by atoms with van der Waals surface area (Å²) in [6.45, 7) is 1.89. The first-order chi connectivity index (χ1) is 12.0. The van der Waals surface area contributed by atoms with Crippen LogP contribution in [0, 0.1) is 6.92 Å². The van der Waals surface area contributed by atoms with Crippen LogP contribution in [0.1, 0.15) is 21.5 Å².